The third kappa shape index (κ3) is 3.11. The molecule has 0 radical (unpaired) electrons. The number of hydrogen-bond acceptors (Lipinski definition) is 5. The topological polar surface area (TPSA) is 50.3 Å². The van der Waals surface area contributed by atoms with Crippen molar-refractivity contribution in [2.24, 2.45) is 0 Å². The molecule has 0 bridgehead atoms. The highest BCUT2D eigenvalue weighted by molar-refractivity contribution is 5.74. The SMILES string of the molecule is COC[C@H]1CN(C(C)c2ccc3nccnc3c2)[C@H](C)CN1. The highest BCUT2D eigenvalue weighted by atomic mass is 16.5. The van der Waals surface area contributed by atoms with E-state index >= 15 is 0 Å². The van der Waals surface area contributed by atoms with Crippen molar-refractivity contribution in [3.8, 4) is 0 Å². The Bertz CT molecular complexity index is 633. The molecule has 2 heterocycles. The summed E-state index contributed by atoms with van der Waals surface area (Å²) in [6, 6.07) is 7.63. The lowest BCUT2D eigenvalue weighted by atomic mass is 10.0. The van der Waals surface area contributed by atoms with Crippen LogP contribution >= 0.6 is 0 Å². The van der Waals surface area contributed by atoms with E-state index in [4.69, 9.17) is 4.74 Å². The molecule has 1 aliphatic heterocycles. The number of nitrogens with one attached hydrogen (secondary N) is 1. The molecule has 1 fully saturated rings. The van der Waals surface area contributed by atoms with Crippen LogP contribution in [0.15, 0.2) is 30.6 Å². The lowest BCUT2D eigenvalue weighted by molar-refractivity contribution is 0.0637. The minimum absolute atomic E-state index is 0.350. The van der Waals surface area contributed by atoms with E-state index < -0.39 is 0 Å². The fourth-order valence-electron chi connectivity index (χ4n) is 3.24. The molecule has 1 unspecified atom stereocenters. The minimum Gasteiger partial charge on any atom is -0.383 e. The van der Waals surface area contributed by atoms with Gasteiger partial charge in [-0.1, -0.05) is 6.07 Å². The molecule has 0 amide bonds. The maximum Gasteiger partial charge on any atom is 0.0890 e. The van der Waals surface area contributed by atoms with E-state index in [0.29, 0.717) is 18.1 Å². The molecule has 1 saturated heterocycles. The Morgan fingerprint density at radius 3 is 2.86 bits per heavy atom. The summed E-state index contributed by atoms with van der Waals surface area (Å²) in [6.45, 7) is 7.27. The Morgan fingerprint density at radius 1 is 1.32 bits per heavy atom. The Hall–Kier alpha value is -1.56. The van der Waals surface area contributed by atoms with Gasteiger partial charge in [-0.25, -0.2) is 0 Å². The van der Waals surface area contributed by atoms with Crippen LogP contribution in [0.2, 0.25) is 0 Å². The normalized spacial score (nSPS) is 24.5. The van der Waals surface area contributed by atoms with Gasteiger partial charge in [0.05, 0.1) is 17.6 Å². The molecule has 0 spiro atoms. The van der Waals surface area contributed by atoms with Crippen LogP contribution in [0.1, 0.15) is 25.5 Å². The first-order valence-corrected chi connectivity index (χ1v) is 7.87. The molecule has 118 valence electrons. The van der Waals surface area contributed by atoms with Gasteiger partial charge in [0.25, 0.3) is 0 Å². The number of piperazine rings is 1. The number of hydrogen-bond donors (Lipinski definition) is 1. The van der Waals surface area contributed by atoms with Crippen molar-refractivity contribution in [3.63, 3.8) is 0 Å². The van der Waals surface area contributed by atoms with Gasteiger partial charge < -0.3 is 10.1 Å². The first-order chi connectivity index (χ1) is 10.7. The zero-order valence-electron chi connectivity index (χ0n) is 13.5. The maximum atomic E-state index is 5.30. The fraction of sp³-hybridized carbons (Fsp3) is 0.529. The van der Waals surface area contributed by atoms with Crippen LogP contribution in [0.5, 0.6) is 0 Å². The Kier molecular flexibility index (Phi) is 4.66. The van der Waals surface area contributed by atoms with E-state index in [-0.39, 0.29) is 0 Å². The van der Waals surface area contributed by atoms with Gasteiger partial charge in [0.15, 0.2) is 0 Å². The van der Waals surface area contributed by atoms with Gasteiger partial charge in [0, 0.05) is 50.7 Å². The summed E-state index contributed by atoms with van der Waals surface area (Å²) in [4.78, 5) is 11.3. The third-order valence-corrected chi connectivity index (χ3v) is 4.54. The van der Waals surface area contributed by atoms with Crippen molar-refractivity contribution in [1.82, 2.24) is 20.2 Å². The van der Waals surface area contributed by atoms with E-state index in [1.807, 2.05) is 0 Å². The van der Waals surface area contributed by atoms with E-state index in [2.05, 4.69) is 52.2 Å². The van der Waals surface area contributed by atoms with Gasteiger partial charge in [-0.05, 0) is 31.5 Å². The molecule has 5 heteroatoms. The van der Waals surface area contributed by atoms with Crippen molar-refractivity contribution < 1.29 is 4.74 Å². The molecule has 1 aromatic carbocycles. The zero-order chi connectivity index (χ0) is 15.5. The lowest BCUT2D eigenvalue weighted by Gasteiger charge is -2.42. The van der Waals surface area contributed by atoms with Crippen molar-refractivity contribution in [3.05, 3.63) is 36.2 Å². The minimum atomic E-state index is 0.350. The van der Waals surface area contributed by atoms with Gasteiger partial charge in [-0.2, -0.15) is 0 Å². The Labute approximate surface area is 131 Å². The van der Waals surface area contributed by atoms with Crippen LogP contribution in [0, 0.1) is 0 Å². The number of nitrogens with zero attached hydrogens (tertiary/aromatic N) is 3. The largest absolute Gasteiger partial charge is 0.383 e. The van der Waals surface area contributed by atoms with Gasteiger partial charge in [0.2, 0.25) is 0 Å². The molecule has 22 heavy (non-hydrogen) atoms. The average Bonchev–Trinajstić information content (AvgIpc) is 2.56. The molecule has 0 saturated carbocycles. The second kappa shape index (κ2) is 6.69. The standard InChI is InChI=1S/C17H24N4O/c1-12-9-20-15(11-22-3)10-21(12)13(2)14-4-5-16-17(8-14)19-7-6-18-16/h4-8,12-13,15,20H,9-11H2,1-3H3/t12-,13?,15-/m1/s1. The summed E-state index contributed by atoms with van der Waals surface area (Å²) in [5.74, 6) is 0. The van der Waals surface area contributed by atoms with Gasteiger partial charge in [-0.15, -0.1) is 0 Å². The number of methoxy groups -OCH3 is 1. The molecule has 1 N–H and O–H groups in total. The van der Waals surface area contributed by atoms with E-state index in [9.17, 15) is 0 Å². The van der Waals surface area contributed by atoms with Crippen molar-refractivity contribution in [2.45, 2.75) is 32.0 Å². The van der Waals surface area contributed by atoms with Gasteiger partial charge >= 0.3 is 0 Å². The maximum absolute atomic E-state index is 5.30. The Balaban J connectivity index is 1.82. The molecule has 3 atom stereocenters. The van der Waals surface area contributed by atoms with Crippen LogP contribution < -0.4 is 5.32 Å². The predicted molar refractivity (Wildman–Crippen MR) is 87.8 cm³/mol. The van der Waals surface area contributed by atoms with Crippen LogP contribution in [0.25, 0.3) is 11.0 Å². The highest BCUT2D eigenvalue weighted by Gasteiger charge is 2.29. The summed E-state index contributed by atoms with van der Waals surface area (Å²) in [7, 11) is 1.76. The third-order valence-electron chi connectivity index (χ3n) is 4.54. The molecule has 5 nitrogen and oxygen atoms in total. The highest BCUT2D eigenvalue weighted by Crippen LogP contribution is 2.26. The van der Waals surface area contributed by atoms with Crippen LogP contribution in [0.4, 0.5) is 0 Å². The molecule has 2 aromatic rings. The second-order valence-electron chi connectivity index (χ2n) is 6.09. The Morgan fingerprint density at radius 2 is 2.09 bits per heavy atom. The molecular weight excluding hydrogens is 276 g/mol. The summed E-state index contributed by atoms with van der Waals surface area (Å²) in [6.07, 6.45) is 3.48. The zero-order valence-corrected chi connectivity index (χ0v) is 13.5. The van der Waals surface area contributed by atoms with Crippen LogP contribution in [-0.2, 0) is 4.74 Å². The van der Waals surface area contributed by atoms with Crippen molar-refractivity contribution >= 4 is 11.0 Å². The smallest absolute Gasteiger partial charge is 0.0890 e. The van der Waals surface area contributed by atoms with E-state index in [1.165, 1.54) is 5.56 Å². The van der Waals surface area contributed by atoms with Crippen molar-refractivity contribution in [1.29, 1.82) is 0 Å². The van der Waals surface area contributed by atoms with E-state index in [1.54, 1.807) is 19.5 Å². The lowest BCUT2D eigenvalue weighted by Crippen LogP contribution is -2.57. The number of ether oxygens (including phenoxy) is 1. The molecule has 1 aromatic heterocycles. The molecule has 3 rings (SSSR count). The van der Waals surface area contributed by atoms with Gasteiger partial charge in [0.1, 0.15) is 0 Å². The predicted octanol–water partition coefficient (Wildman–Crippen LogP) is 2.00. The van der Waals surface area contributed by atoms with Crippen LogP contribution in [-0.4, -0.2) is 53.8 Å². The molecule has 1 aliphatic rings. The van der Waals surface area contributed by atoms with Crippen molar-refractivity contribution in [2.75, 3.05) is 26.8 Å². The number of rotatable bonds is 4. The molecule has 0 aliphatic carbocycles. The summed E-state index contributed by atoms with van der Waals surface area (Å²) < 4.78 is 5.30. The number of benzene rings is 1. The summed E-state index contributed by atoms with van der Waals surface area (Å²) >= 11 is 0. The summed E-state index contributed by atoms with van der Waals surface area (Å²) in [5, 5.41) is 3.55. The average molecular weight is 300 g/mol. The van der Waals surface area contributed by atoms with E-state index in [0.717, 1.165) is 30.7 Å². The molecular formula is C17H24N4O. The number of fused-ring (bicyclic) bond motifs is 1. The second-order valence-corrected chi connectivity index (χ2v) is 6.09. The van der Waals surface area contributed by atoms with Gasteiger partial charge in [-0.3, -0.25) is 14.9 Å². The number of aromatic nitrogens is 2. The quantitative estimate of drug-likeness (QED) is 0.936. The monoisotopic (exact) mass is 300 g/mol. The first kappa shape index (κ1) is 15.3. The van der Waals surface area contributed by atoms with Crippen LogP contribution in [0.3, 0.4) is 0 Å². The fourth-order valence-corrected chi connectivity index (χ4v) is 3.24. The summed E-state index contributed by atoms with van der Waals surface area (Å²) in [5.41, 5.74) is 3.20. The first-order valence-electron chi connectivity index (χ1n) is 7.87.